The van der Waals surface area contributed by atoms with Crippen molar-refractivity contribution in [3.05, 3.63) is 29.3 Å². The number of ether oxygens (including phenoxy) is 1. The van der Waals surface area contributed by atoms with E-state index in [0.717, 1.165) is 0 Å². The second kappa shape index (κ2) is 4.09. The van der Waals surface area contributed by atoms with Gasteiger partial charge in [-0.15, -0.1) is 0 Å². The highest BCUT2D eigenvalue weighted by Crippen LogP contribution is 2.30. The minimum Gasteiger partial charge on any atom is -0.496 e. The fourth-order valence-corrected chi connectivity index (χ4v) is 1.32. The molecule has 0 radical (unpaired) electrons. The number of benzene rings is 1. The van der Waals surface area contributed by atoms with Crippen LogP contribution in [0, 0.1) is 0 Å². The third kappa shape index (κ3) is 1.84. The summed E-state index contributed by atoms with van der Waals surface area (Å²) < 4.78 is 18.1. The fraction of sp³-hybridized carbons (Fsp3) is 0.300. The van der Waals surface area contributed by atoms with Crippen LogP contribution in [0.15, 0.2) is 18.2 Å². The van der Waals surface area contributed by atoms with Gasteiger partial charge in [-0.05, 0) is 19.1 Å². The van der Waals surface area contributed by atoms with Crippen LogP contribution in [0.4, 0.5) is 4.39 Å². The summed E-state index contributed by atoms with van der Waals surface area (Å²) in [5.41, 5.74) is 0.0295. The van der Waals surface area contributed by atoms with E-state index < -0.39 is 12.1 Å². The number of methoxy groups -OCH3 is 1. The number of halogens is 1. The highest BCUT2D eigenvalue weighted by atomic mass is 19.1. The summed E-state index contributed by atoms with van der Waals surface area (Å²) in [6.45, 7) is 1.28. The van der Waals surface area contributed by atoms with Gasteiger partial charge in [0.25, 0.3) is 0 Å². The largest absolute Gasteiger partial charge is 0.496 e. The van der Waals surface area contributed by atoms with Crippen LogP contribution in [0.1, 0.15) is 29.0 Å². The standard InChI is InChI=1S/C10H11FO3/c1-6(11)9-7(10(12)13)4-3-5-8(9)14-2/h3-6H,1-2H3,(H,12,13). The number of hydrogen-bond acceptors (Lipinski definition) is 2. The number of alkyl halides is 1. The van der Waals surface area contributed by atoms with Crippen LogP contribution >= 0.6 is 0 Å². The molecule has 0 spiro atoms. The van der Waals surface area contributed by atoms with Gasteiger partial charge >= 0.3 is 5.97 Å². The Labute approximate surface area is 81.1 Å². The molecule has 1 N–H and O–H groups in total. The van der Waals surface area contributed by atoms with Gasteiger partial charge in [0.2, 0.25) is 0 Å². The second-order valence-corrected chi connectivity index (χ2v) is 2.84. The van der Waals surface area contributed by atoms with Crippen molar-refractivity contribution in [3.63, 3.8) is 0 Å². The van der Waals surface area contributed by atoms with Gasteiger partial charge in [0.05, 0.1) is 12.7 Å². The average molecular weight is 198 g/mol. The van der Waals surface area contributed by atoms with Crippen LogP contribution < -0.4 is 4.74 Å². The molecule has 0 amide bonds. The quantitative estimate of drug-likeness (QED) is 0.811. The van der Waals surface area contributed by atoms with Gasteiger partial charge in [0.15, 0.2) is 0 Å². The summed E-state index contributed by atoms with van der Waals surface area (Å²) in [6.07, 6.45) is -1.36. The molecule has 0 bridgehead atoms. The van der Waals surface area contributed by atoms with E-state index in [2.05, 4.69) is 0 Å². The summed E-state index contributed by atoms with van der Waals surface area (Å²) in [6, 6.07) is 4.42. The summed E-state index contributed by atoms with van der Waals surface area (Å²) in [7, 11) is 1.38. The SMILES string of the molecule is COc1cccc(C(=O)O)c1C(C)F. The molecular weight excluding hydrogens is 187 g/mol. The molecule has 1 aromatic carbocycles. The maximum Gasteiger partial charge on any atom is 0.336 e. The molecule has 0 aliphatic heterocycles. The zero-order valence-electron chi connectivity index (χ0n) is 7.95. The summed E-state index contributed by atoms with van der Waals surface area (Å²) in [5.74, 6) is -0.886. The highest BCUT2D eigenvalue weighted by Gasteiger charge is 2.19. The van der Waals surface area contributed by atoms with E-state index in [1.165, 1.54) is 32.2 Å². The van der Waals surface area contributed by atoms with E-state index in [4.69, 9.17) is 9.84 Å². The molecule has 0 aliphatic carbocycles. The third-order valence-electron chi connectivity index (χ3n) is 1.91. The van der Waals surface area contributed by atoms with Crippen molar-refractivity contribution in [3.8, 4) is 5.75 Å². The van der Waals surface area contributed by atoms with Gasteiger partial charge in [0.1, 0.15) is 11.9 Å². The number of carboxylic acids is 1. The smallest absolute Gasteiger partial charge is 0.336 e. The van der Waals surface area contributed by atoms with E-state index in [-0.39, 0.29) is 16.9 Å². The summed E-state index contributed by atoms with van der Waals surface area (Å²) in [5, 5.41) is 8.81. The van der Waals surface area contributed by atoms with Crippen molar-refractivity contribution in [2.45, 2.75) is 13.1 Å². The lowest BCUT2D eigenvalue weighted by atomic mass is 10.0. The third-order valence-corrected chi connectivity index (χ3v) is 1.91. The van der Waals surface area contributed by atoms with Gasteiger partial charge in [-0.3, -0.25) is 0 Å². The molecule has 0 aromatic heterocycles. The van der Waals surface area contributed by atoms with Crippen LogP contribution in [0.25, 0.3) is 0 Å². The van der Waals surface area contributed by atoms with E-state index in [0.29, 0.717) is 0 Å². The number of carboxylic acid groups (broad SMARTS) is 1. The minimum absolute atomic E-state index is 0.0562. The molecule has 14 heavy (non-hydrogen) atoms. The molecule has 0 aliphatic rings. The Bertz CT molecular complexity index is 347. The first-order chi connectivity index (χ1) is 6.57. The van der Waals surface area contributed by atoms with Gasteiger partial charge in [-0.25, -0.2) is 9.18 Å². The number of rotatable bonds is 3. The van der Waals surface area contributed by atoms with Gasteiger partial charge < -0.3 is 9.84 Å². The first kappa shape index (κ1) is 10.5. The first-order valence-corrected chi connectivity index (χ1v) is 4.12. The molecule has 1 unspecified atom stereocenters. The molecular formula is C10H11FO3. The zero-order valence-corrected chi connectivity index (χ0v) is 7.95. The minimum atomic E-state index is -1.36. The molecule has 0 saturated carbocycles. The Balaban J connectivity index is 3.35. The van der Waals surface area contributed by atoms with Gasteiger partial charge in [-0.1, -0.05) is 6.07 Å². The highest BCUT2D eigenvalue weighted by molar-refractivity contribution is 5.90. The van der Waals surface area contributed by atoms with Gasteiger partial charge in [-0.2, -0.15) is 0 Å². The van der Waals surface area contributed by atoms with Crippen LogP contribution in [0.5, 0.6) is 5.75 Å². The summed E-state index contributed by atoms with van der Waals surface area (Å²) >= 11 is 0. The van der Waals surface area contributed by atoms with Gasteiger partial charge in [0, 0.05) is 5.56 Å². The monoisotopic (exact) mass is 198 g/mol. The number of carbonyl (C=O) groups is 1. The van der Waals surface area contributed by atoms with E-state index in [1.54, 1.807) is 0 Å². The molecule has 4 heteroatoms. The number of hydrogen-bond donors (Lipinski definition) is 1. The van der Waals surface area contributed by atoms with E-state index in [1.807, 2.05) is 0 Å². The summed E-state index contributed by atoms with van der Waals surface area (Å²) in [4.78, 5) is 10.8. The van der Waals surface area contributed by atoms with Crippen molar-refractivity contribution < 1.29 is 19.0 Å². The molecule has 3 nitrogen and oxygen atoms in total. The fourth-order valence-electron chi connectivity index (χ4n) is 1.32. The molecule has 1 aromatic rings. The lowest BCUT2D eigenvalue weighted by Gasteiger charge is -2.11. The van der Waals surface area contributed by atoms with Crippen LogP contribution in [0.2, 0.25) is 0 Å². The molecule has 1 rings (SSSR count). The van der Waals surface area contributed by atoms with E-state index in [9.17, 15) is 9.18 Å². The lowest BCUT2D eigenvalue weighted by molar-refractivity contribution is 0.0693. The molecule has 0 heterocycles. The predicted molar refractivity (Wildman–Crippen MR) is 49.5 cm³/mol. The number of aromatic carboxylic acids is 1. The lowest BCUT2D eigenvalue weighted by Crippen LogP contribution is -2.05. The van der Waals surface area contributed by atoms with Crippen molar-refractivity contribution >= 4 is 5.97 Å². The zero-order chi connectivity index (χ0) is 10.7. The Hall–Kier alpha value is -1.58. The van der Waals surface area contributed by atoms with Crippen molar-refractivity contribution in [1.29, 1.82) is 0 Å². The molecule has 76 valence electrons. The maximum absolute atomic E-state index is 13.2. The Morgan fingerprint density at radius 1 is 1.57 bits per heavy atom. The van der Waals surface area contributed by atoms with E-state index >= 15 is 0 Å². The topological polar surface area (TPSA) is 46.5 Å². The second-order valence-electron chi connectivity index (χ2n) is 2.84. The van der Waals surface area contributed by atoms with Crippen LogP contribution in [-0.2, 0) is 0 Å². The molecule has 0 fully saturated rings. The average Bonchev–Trinajstić information content (AvgIpc) is 2.16. The predicted octanol–water partition coefficient (Wildman–Crippen LogP) is 2.42. The van der Waals surface area contributed by atoms with Crippen LogP contribution in [0.3, 0.4) is 0 Å². The van der Waals surface area contributed by atoms with Crippen LogP contribution in [-0.4, -0.2) is 18.2 Å². The Morgan fingerprint density at radius 3 is 2.64 bits per heavy atom. The van der Waals surface area contributed by atoms with Crippen molar-refractivity contribution in [2.24, 2.45) is 0 Å². The normalized spacial score (nSPS) is 12.2. The van der Waals surface area contributed by atoms with Crippen molar-refractivity contribution in [2.75, 3.05) is 7.11 Å². The maximum atomic E-state index is 13.2. The molecule has 0 saturated heterocycles. The molecule has 1 atom stereocenters. The van der Waals surface area contributed by atoms with Crippen molar-refractivity contribution in [1.82, 2.24) is 0 Å². The Morgan fingerprint density at radius 2 is 2.21 bits per heavy atom. The first-order valence-electron chi connectivity index (χ1n) is 4.12. The Kier molecular flexibility index (Phi) is 3.06.